The number of aromatic nitrogens is 1. The van der Waals surface area contributed by atoms with Gasteiger partial charge in [-0.1, -0.05) is 99.4 Å². The van der Waals surface area contributed by atoms with Crippen LogP contribution >= 0.6 is 0 Å². The monoisotopic (exact) mass is 695 g/mol. The molecular weight excluding hydrogens is 647 g/mol. The van der Waals surface area contributed by atoms with Gasteiger partial charge in [-0.2, -0.15) is 0 Å². The van der Waals surface area contributed by atoms with Crippen molar-refractivity contribution < 1.29 is 30.3 Å². The van der Waals surface area contributed by atoms with Gasteiger partial charge in [-0.15, -0.1) is 34.4 Å². The standard InChI is InChI=1S/C23H24N.C11H24O2.Ir/c1-14(2)10-17-6-5-7-22-20(17)13-18-8-9-19-16(4)11-15(3)12-21(19)23(18)24-22;1-10(2,3)8(12)7-9(13)11(4,5)6;/h5-7,11,13-14H,8-10H2,1-4H3;8-9,12-13H,7H2,1-6H3;/q-1;;. The van der Waals surface area contributed by atoms with E-state index in [1.165, 1.54) is 38.8 Å². The number of nitrogens with zero attached hydrogens (tertiary/aromatic N) is 1. The van der Waals surface area contributed by atoms with Gasteiger partial charge in [-0.05, 0) is 46.9 Å². The molecule has 1 aromatic heterocycles. The van der Waals surface area contributed by atoms with Gasteiger partial charge in [-0.3, -0.25) is 4.98 Å². The average Bonchev–Trinajstić information content (AvgIpc) is 2.77. The van der Waals surface area contributed by atoms with Gasteiger partial charge in [0.05, 0.1) is 17.7 Å². The predicted molar refractivity (Wildman–Crippen MR) is 157 cm³/mol. The Labute approximate surface area is 244 Å². The zero-order valence-electron chi connectivity index (χ0n) is 25.1. The molecule has 211 valence electrons. The van der Waals surface area contributed by atoms with Crippen LogP contribution in [0.4, 0.5) is 0 Å². The largest absolute Gasteiger partial charge is 0.392 e. The Balaban J connectivity index is 0.000000313. The fourth-order valence-electron chi connectivity index (χ4n) is 4.94. The van der Waals surface area contributed by atoms with Gasteiger partial charge < -0.3 is 10.2 Å². The number of pyridine rings is 1. The molecule has 2 N–H and O–H groups in total. The molecule has 2 atom stereocenters. The Morgan fingerprint density at radius 3 is 2.08 bits per heavy atom. The van der Waals surface area contributed by atoms with Crippen molar-refractivity contribution in [2.24, 2.45) is 16.7 Å². The minimum absolute atomic E-state index is 0. The summed E-state index contributed by atoms with van der Waals surface area (Å²) in [4.78, 5) is 5.08. The van der Waals surface area contributed by atoms with E-state index in [1.807, 2.05) is 41.5 Å². The third kappa shape index (κ3) is 7.98. The van der Waals surface area contributed by atoms with E-state index in [9.17, 15) is 10.2 Å². The first-order valence-corrected chi connectivity index (χ1v) is 13.9. The van der Waals surface area contributed by atoms with Crippen molar-refractivity contribution >= 4 is 10.9 Å². The average molecular weight is 695 g/mol. The smallest absolute Gasteiger partial charge is 0.0613 e. The Morgan fingerprint density at radius 2 is 1.53 bits per heavy atom. The van der Waals surface area contributed by atoms with Crippen LogP contribution in [0.25, 0.3) is 22.2 Å². The predicted octanol–water partition coefficient (Wildman–Crippen LogP) is 7.80. The fourth-order valence-corrected chi connectivity index (χ4v) is 4.94. The number of benzene rings is 2. The number of fused-ring (bicyclic) bond motifs is 4. The second kappa shape index (κ2) is 12.7. The first-order chi connectivity index (χ1) is 17.1. The molecule has 0 saturated heterocycles. The number of aliphatic hydroxyl groups excluding tert-OH is 2. The van der Waals surface area contributed by atoms with Gasteiger partial charge in [0.2, 0.25) is 0 Å². The van der Waals surface area contributed by atoms with E-state index in [0.717, 1.165) is 30.5 Å². The first kappa shape index (κ1) is 32.6. The SMILES string of the molecule is CC(C)(C)C(O)CC(O)C(C)(C)C.Cc1[c-]c2c(c(C)c1)CCc1cc3c(CC(C)C)cccc3nc1-2.[Ir]. The number of rotatable bonds is 4. The summed E-state index contributed by atoms with van der Waals surface area (Å²) < 4.78 is 0. The van der Waals surface area contributed by atoms with Gasteiger partial charge in [0, 0.05) is 31.9 Å². The first-order valence-electron chi connectivity index (χ1n) is 13.9. The van der Waals surface area contributed by atoms with E-state index in [0.29, 0.717) is 12.3 Å². The topological polar surface area (TPSA) is 53.4 Å². The Kier molecular flexibility index (Phi) is 10.9. The molecular formula is C34H48IrNO2-. The second-order valence-corrected chi connectivity index (χ2v) is 13.6. The number of hydrogen-bond acceptors (Lipinski definition) is 3. The van der Waals surface area contributed by atoms with E-state index in [2.05, 4.69) is 64.1 Å². The molecule has 0 spiro atoms. The number of aryl methyl sites for hydroxylation is 3. The van der Waals surface area contributed by atoms with Crippen molar-refractivity contribution in [2.75, 3.05) is 0 Å². The number of aliphatic hydroxyl groups is 2. The van der Waals surface area contributed by atoms with Crippen LogP contribution in [0.15, 0.2) is 30.3 Å². The van der Waals surface area contributed by atoms with Gasteiger partial charge in [0.15, 0.2) is 0 Å². The van der Waals surface area contributed by atoms with E-state index in [-0.39, 0.29) is 30.9 Å². The van der Waals surface area contributed by atoms with E-state index in [4.69, 9.17) is 4.98 Å². The summed E-state index contributed by atoms with van der Waals surface area (Å²) in [5, 5.41) is 20.9. The van der Waals surface area contributed by atoms with Gasteiger partial charge in [0.25, 0.3) is 0 Å². The van der Waals surface area contributed by atoms with Crippen molar-refractivity contribution in [3.63, 3.8) is 0 Å². The van der Waals surface area contributed by atoms with Crippen molar-refractivity contribution in [1.82, 2.24) is 4.98 Å². The normalized spacial score (nSPS) is 14.7. The summed E-state index contributed by atoms with van der Waals surface area (Å²) in [5.74, 6) is 0.658. The molecule has 0 aliphatic heterocycles. The molecule has 4 heteroatoms. The minimum atomic E-state index is -0.443. The van der Waals surface area contributed by atoms with Gasteiger partial charge >= 0.3 is 0 Å². The molecule has 3 aromatic rings. The summed E-state index contributed by atoms with van der Waals surface area (Å²) in [7, 11) is 0. The molecule has 0 saturated carbocycles. The molecule has 2 aromatic carbocycles. The summed E-state index contributed by atoms with van der Waals surface area (Å²) in [6.45, 7) is 20.8. The summed E-state index contributed by atoms with van der Waals surface area (Å²) in [5.41, 5.74) is 10.0. The Hall–Kier alpha value is -1.58. The molecule has 1 aliphatic rings. The van der Waals surface area contributed by atoms with E-state index in [1.54, 1.807) is 0 Å². The van der Waals surface area contributed by atoms with Crippen LogP contribution in [-0.4, -0.2) is 27.4 Å². The maximum atomic E-state index is 9.76. The fraction of sp³-hybridized carbons (Fsp3) is 0.559. The summed E-state index contributed by atoms with van der Waals surface area (Å²) in [6.07, 6.45) is 2.86. The molecule has 4 rings (SSSR count). The molecule has 1 aliphatic carbocycles. The maximum absolute atomic E-state index is 9.76. The maximum Gasteiger partial charge on any atom is 0.0613 e. The van der Waals surface area contributed by atoms with Crippen LogP contribution in [0.5, 0.6) is 0 Å². The Morgan fingerprint density at radius 1 is 0.921 bits per heavy atom. The minimum Gasteiger partial charge on any atom is -0.392 e. The molecule has 38 heavy (non-hydrogen) atoms. The van der Waals surface area contributed by atoms with E-state index < -0.39 is 12.2 Å². The van der Waals surface area contributed by atoms with Crippen LogP contribution < -0.4 is 0 Å². The van der Waals surface area contributed by atoms with Crippen molar-refractivity contribution in [3.05, 3.63) is 64.2 Å². The molecule has 2 unspecified atom stereocenters. The van der Waals surface area contributed by atoms with Crippen LogP contribution in [0.3, 0.4) is 0 Å². The van der Waals surface area contributed by atoms with Crippen LogP contribution in [0, 0.1) is 36.7 Å². The van der Waals surface area contributed by atoms with E-state index >= 15 is 0 Å². The third-order valence-corrected chi connectivity index (χ3v) is 7.52. The van der Waals surface area contributed by atoms with Gasteiger partial charge in [0.1, 0.15) is 0 Å². The van der Waals surface area contributed by atoms with Crippen LogP contribution in [0.1, 0.15) is 89.6 Å². The quantitative estimate of drug-likeness (QED) is 0.274. The summed E-state index contributed by atoms with van der Waals surface area (Å²) >= 11 is 0. The van der Waals surface area contributed by atoms with Crippen molar-refractivity contribution in [1.29, 1.82) is 0 Å². The van der Waals surface area contributed by atoms with Crippen LogP contribution in [-0.2, 0) is 39.4 Å². The molecule has 3 nitrogen and oxygen atoms in total. The van der Waals surface area contributed by atoms with Gasteiger partial charge in [-0.25, -0.2) is 0 Å². The molecule has 1 heterocycles. The Bertz CT molecular complexity index is 1220. The second-order valence-electron chi connectivity index (χ2n) is 13.6. The molecule has 0 bridgehead atoms. The van der Waals surface area contributed by atoms with Crippen LogP contribution in [0.2, 0.25) is 0 Å². The van der Waals surface area contributed by atoms with Crippen molar-refractivity contribution in [2.45, 2.75) is 107 Å². The molecule has 1 radical (unpaired) electrons. The molecule has 0 fully saturated rings. The number of hydrogen-bond donors (Lipinski definition) is 2. The summed E-state index contributed by atoms with van der Waals surface area (Å²) in [6, 6.07) is 14.8. The zero-order valence-corrected chi connectivity index (χ0v) is 27.5. The zero-order chi connectivity index (χ0) is 27.7. The third-order valence-electron chi connectivity index (χ3n) is 7.52. The van der Waals surface area contributed by atoms with Crippen molar-refractivity contribution in [3.8, 4) is 11.3 Å². The molecule has 0 amide bonds.